The highest BCUT2D eigenvalue weighted by Gasteiger charge is 2.20. The van der Waals surface area contributed by atoms with Gasteiger partial charge in [0.25, 0.3) is 0 Å². The van der Waals surface area contributed by atoms with Crippen LogP contribution in [0.1, 0.15) is 5.56 Å². The van der Waals surface area contributed by atoms with Crippen molar-refractivity contribution in [2.45, 2.75) is 5.75 Å². The van der Waals surface area contributed by atoms with Gasteiger partial charge >= 0.3 is 0 Å². The van der Waals surface area contributed by atoms with Gasteiger partial charge in [0.2, 0.25) is 14.9 Å². The van der Waals surface area contributed by atoms with Crippen molar-refractivity contribution in [2.24, 2.45) is 0 Å². The first-order valence-electron chi connectivity index (χ1n) is 3.92. The number of rotatable bonds is 3. The number of benzene rings is 1. The number of methoxy groups -OCH3 is 1. The van der Waals surface area contributed by atoms with Gasteiger partial charge in [0, 0.05) is 16.2 Å². The Hall–Kier alpha value is -0.530. The van der Waals surface area contributed by atoms with E-state index in [4.69, 9.17) is 10.7 Å². The number of halogens is 3. The summed E-state index contributed by atoms with van der Waals surface area (Å²) in [6.45, 7) is 0. The van der Waals surface area contributed by atoms with Crippen LogP contribution >= 0.6 is 26.6 Å². The van der Waals surface area contributed by atoms with Crippen molar-refractivity contribution in [1.29, 1.82) is 0 Å². The fourth-order valence-electron chi connectivity index (χ4n) is 1.15. The van der Waals surface area contributed by atoms with E-state index in [1.165, 1.54) is 6.07 Å². The van der Waals surface area contributed by atoms with E-state index in [-0.39, 0.29) is 15.8 Å². The van der Waals surface area contributed by atoms with E-state index in [1.54, 1.807) is 0 Å². The summed E-state index contributed by atoms with van der Waals surface area (Å²) in [7, 11) is 2.39. The van der Waals surface area contributed by atoms with Crippen molar-refractivity contribution < 1.29 is 22.7 Å². The Kier molecular flexibility index (Phi) is 4.03. The summed E-state index contributed by atoms with van der Waals surface area (Å²) in [6.07, 6.45) is 0. The Labute approximate surface area is 105 Å². The lowest BCUT2D eigenvalue weighted by atomic mass is 10.2. The van der Waals surface area contributed by atoms with Gasteiger partial charge in [0.05, 0.1) is 17.3 Å². The van der Waals surface area contributed by atoms with Gasteiger partial charge < -0.3 is 9.84 Å². The number of phenols is 1. The lowest BCUT2D eigenvalue weighted by Gasteiger charge is -2.10. The first-order chi connectivity index (χ1) is 7.26. The second kappa shape index (κ2) is 4.77. The molecule has 8 heteroatoms. The quantitative estimate of drug-likeness (QED) is 0.863. The molecule has 90 valence electrons. The molecule has 1 N–H and O–H groups in total. The van der Waals surface area contributed by atoms with E-state index in [0.29, 0.717) is 0 Å². The molecule has 0 radical (unpaired) electrons. The normalized spacial score (nSPS) is 11.5. The number of hydrogen-bond acceptors (Lipinski definition) is 4. The molecule has 0 spiro atoms. The third-order valence-electron chi connectivity index (χ3n) is 1.76. The van der Waals surface area contributed by atoms with Crippen molar-refractivity contribution in [1.82, 2.24) is 0 Å². The van der Waals surface area contributed by atoms with Crippen LogP contribution in [-0.4, -0.2) is 20.6 Å². The predicted octanol–water partition coefficient (Wildman–Crippen LogP) is 2.37. The molecule has 16 heavy (non-hydrogen) atoms. The summed E-state index contributed by atoms with van der Waals surface area (Å²) in [5.41, 5.74) is 0.0275. The van der Waals surface area contributed by atoms with E-state index >= 15 is 0 Å². The largest absolute Gasteiger partial charge is 0.504 e. The molecule has 0 bridgehead atoms. The minimum absolute atomic E-state index is 0.0275. The second-order valence-electron chi connectivity index (χ2n) is 2.90. The van der Waals surface area contributed by atoms with E-state index in [2.05, 4.69) is 20.7 Å². The molecule has 0 aliphatic rings. The zero-order chi connectivity index (χ0) is 12.5. The van der Waals surface area contributed by atoms with Gasteiger partial charge in [-0.2, -0.15) is 4.39 Å². The van der Waals surface area contributed by atoms with Crippen molar-refractivity contribution in [3.05, 3.63) is 21.9 Å². The lowest BCUT2D eigenvalue weighted by molar-refractivity contribution is 0.360. The molecule has 0 fully saturated rings. The Morgan fingerprint density at radius 2 is 2.19 bits per heavy atom. The minimum Gasteiger partial charge on any atom is -0.504 e. The van der Waals surface area contributed by atoms with Crippen molar-refractivity contribution in [3.63, 3.8) is 0 Å². The predicted molar refractivity (Wildman–Crippen MR) is 60.8 cm³/mol. The van der Waals surface area contributed by atoms with Gasteiger partial charge in [-0.05, 0) is 22.0 Å². The van der Waals surface area contributed by atoms with Crippen LogP contribution in [-0.2, 0) is 14.8 Å². The van der Waals surface area contributed by atoms with Crippen molar-refractivity contribution >= 4 is 35.7 Å². The summed E-state index contributed by atoms with van der Waals surface area (Å²) in [4.78, 5) is 0. The van der Waals surface area contributed by atoms with Crippen LogP contribution in [0.15, 0.2) is 10.5 Å². The average Bonchev–Trinajstić information content (AvgIpc) is 2.12. The fraction of sp³-hybridized carbons (Fsp3) is 0.250. The number of ether oxygens (including phenoxy) is 1. The first kappa shape index (κ1) is 13.5. The molecule has 4 nitrogen and oxygen atoms in total. The smallest absolute Gasteiger partial charge is 0.236 e. The number of aromatic hydroxyl groups is 1. The van der Waals surface area contributed by atoms with Gasteiger partial charge in [-0.1, -0.05) is 0 Å². The molecule has 0 aromatic heterocycles. The first-order valence-corrected chi connectivity index (χ1v) is 7.19. The molecule has 0 saturated carbocycles. The maximum atomic E-state index is 13.5. The monoisotopic (exact) mass is 332 g/mol. The zero-order valence-corrected chi connectivity index (χ0v) is 11.2. The van der Waals surface area contributed by atoms with E-state index in [1.807, 2.05) is 0 Å². The summed E-state index contributed by atoms with van der Waals surface area (Å²) < 4.78 is 39.9. The Morgan fingerprint density at radius 1 is 1.62 bits per heavy atom. The Balaban J connectivity index is 3.39. The SMILES string of the molecule is COc1c(CS(=O)(=O)Cl)cc(Br)c(O)c1F. The summed E-state index contributed by atoms with van der Waals surface area (Å²) in [6, 6.07) is 1.23. The summed E-state index contributed by atoms with van der Waals surface area (Å²) in [5.74, 6) is -2.61. The van der Waals surface area contributed by atoms with Gasteiger partial charge in [-0.15, -0.1) is 0 Å². The third kappa shape index (κ3) is 2.99. The topological polar surface area (TPSA) is 63.6 Å². The molecule has 1 aromatic rings. The standard InChI is InChI=1S/C8H7BrClFO4S/c1-15-8-4(3-16(10,13)14)2-5(9)7(12)6(8)11/h2,12H,3H2,1H3. The molecular formula is C8H7BrClFO4S. The molecule has 0 unspecified atom stereocenters. The molecule has 0 atom stereocenters. The third-order valence-corrected chi connectivity index (χ3v) is 3.35. The van der Waals surface area contributed by atoms with E-state index in [9.17, 15) is 17.9 Å². The highest BCUT2D eigenvalue weighted by molar-refractivity contribution is 9.10. The molecular weight excluding hydrogens is 327 g/mol. The van der Waals surface area contributed by atoms with Crippen LogP contribution in [0.25, 0.3) is 0 Å². The van der Waals surface area contributed by atoms with Crippen LogP contribution in [0.2, 0.25) is 0 Å². The fourth-order valence-corrected chi connectivity index (χ4v) is 2.54. The van der Waals surface area contributed by atoms with Crippen LogP contribution in [0.3, 0.4) is 0 Å². The van der Waals surface area contributed by atoms with Gasteiger partial charge in [-0.3, -0.25) is 0 Å². The number of hydrogen-bond donors (Lipinski definition) is 1. The molecule has 1 aromatic carbocycles. The van der Waals surface area contributed by atoms with E-state index < -0.39 is 26.4 Å². The zero-order valence-electron chi connectivity index (χ0n) is 8.00. The Morgan fingerprint density at radius 3 is 2.62 bits per heavy atom. The second-order valence-corrected chi connectivity index (χ2v) is 6.53. The lowest BCUT2D eigenvalue weighted by Crippen LogP contribution is -2.01. The van der Waals surface area contributed by atoms with Crippen molar-refractivity contribution in [3.8, 4) is 11.5 Å². The molecule has 0 aliphatic carbocycles. The van der Waals surface area contributed by atoms with Crippen LogP contribution in [0.4, 0.5) is 4.39 Å². The average molecular weight is 334 g/mol. The van der Waals surface area contributed by atoms with Gasteiger partial charge in [0.1, 0.15) is 0 Å². The summed E-state index contributed by atoms with van der Waals surface area (Å²) >= 11 is 2.88. The highest BCUT2D eigenvalue weighted by Crippen LogP contribution is 2.37. The van der Waals surface area contributed by atoms with Crippen LogP contribution in [0, 0.1) is 5.82 Å². The van der Waals surface area contributed by atoms with Gasteiger partial charge in [0.15, 0.2) is 11.5 Å². The highest BCUT2D eigenvalue weighted by atomic mass is 79.9. The Bertz CT molecular complexity index is 517. The molecule has 0 amide bonds. The minimum atomic E-state index is -3.83. The van der Waals surface area contributed by atoms with Crippen molar-refractivity contribution in [2.75, 3.05) is 7.11 Å². The van der Waals surface area contributed by atoms with Gasteiger partial charge in [-0.25, -0.2) is 8.42 Å². The maximum absolute atomic E-state index is 13.5. The van der Waals surface area contributed by atoms with Crippen LogP contribution in [0.5, 0.6) is 11.5 Å². The van der Waals surface area contributed by atoms with E-state index in [0.717, 1.165) is 7.11 Å². The molecule has 1 rings (SSSR count). The number of phenolic OH excluding ortho intramolecular Hbond substituents is 1. The molecule has 0 heterocycles. The molecule has 0 saturated heterocycles. The maximum Gasteiger partial charge on any atom is 0.236 e. The summed E-state index contributed by atoms with van der Waals surface area (Å²) in [5, 5.41) is 9.26. The molecule has 0 aliphatic heterocycles. The van der Waals surface area contributed by atoms with Crippen LogP contribution < -0.4 is 4.74 Å².